The molecule has 0 aliphatic carbocycles. The zero-order valence-electron chi connectivity index (χ0n) is 16.1. The molecule has 1 amide bonds. The highest BCUT2D eigenvalue weighted by molar-refractivity contribution is 5.89. The number of benzene rings is 3. The summed E-state index contributed by atoms with van der Waals surface area (Å²) in [5.74, 6) is 0.239. The summed E-state index contributed by atoms with van der Waals surface area (Å²) in [6.07, 6.45) is 3.43. The number of allylic oxidation sites excluding steroid dienone is 1. The highest BCUT2D eigenvalue weighted by Gasteiger charge is 2.15. The van der Waals surface area contributed by atoms with E-state index >= 15 is 0 Å². The minimum absolute atomic E-state index is 0.0636. The number of nitro groups is 1. The van der Waals surface area contributed by atoms with Crippen LogP contribution in [-0.4, -0.2) is 18.1 Å². The molecule has 0 atom stereocenters. The Balaban J connectivity index is 1.75. The molecular formula is C23H20N2O4. The Morgan fingerprint density at radius 3 is 2.31 bits per heavy atom. The van der Waals surface area contributed by atoms with Gasteiger partial charge in [-0.05, 0) is 47.9 Å². The molecule has 0 unspecified atom stereocenters. The lowest BCUT2D eigenvalue weighted by atomic mass is 10.0. The zero-order valence-corrected chi connectivity index (χ0v) is 16.1. The minimum Gasteiger partial charge on any atom is -0.410 e. The second-order valence-corrected chi connectivity index (χ2v) is 6.35. The largest absolute Gasteiger partial charge is 0.419 e. The molecule has 0 N–H and O–H groups in total. The Kier molecular flexibility index (Phi) is 6.04. The summed E-state index contributed by atoms with van der Waals surface area (Å²) in [5.41, 5.74) is 3.75. The van der Waals surface area contributed by atoms with Gasteiger partial charge in [-0.15, -0.1) is 0 Å². The molecule has 146 valence electrons. The third-order valence-electron chi connectivity index (χ3n) is 4.36. The van der Waals surface area contributed by atoms with E-state index in [0.29, 0.717) is 5.69 Å². The molecule has 6 heteroatoms. The third-order valence-corrected chi connectivity index (χ3v) is 4.36. The Morgan fingerprint density at radius 1 is 1.00 bits per heavy atom. The van der Waals surface area contributed by atoms with Crippen molar-refractivity contribution in [1.29, 1.82) is 0 Å². The molecule has 0 heterocycles. The van der Waals surface area contributed by atoms with Gasteiger partial charge >= 0.3 is 6.09 Å². The average Bonchev–Trinajstić information content (AvgIpc) is 2.74. The summed E-state index contributed by atoms with van der Waals surface area (Å²) in [5, 5.41) is 10.7. The van der Waals surface area contributed by atoms with Crippen molar-refractivity contribution in [3.8, 4) is 16.9 Å². The molecule has 0 saturated heterocycles. The quantitative estimate of drug-likeness (QED) is 0.401. The molecule has 0 spiro atoms. The zero-order chi connectivity index (χ0) is 20.8. The van der Waals surface area contributed by atoms with Crippen molar-refractivity contribution in [2.24, 2.45) is 0 Å². The number of non-ortho nitro benzene ring substituents is 1. The number of nitrogens with zero attached hydrogens (tertiary/aromatic N) is 2. The van der Waals surface area contributed by atoms with Gasteiger partial charge in [0.25, 0.3) is 5.69 Å². The summed E-state index contributed by atoms with van der Waals surface area (Å²) in [6.45, 7) is 1.98. The van der Waals surface area contributed by atoms with Gasteiger partial charge in [-0.1, -0.05) is 48.6 Å². The van der Waals surface area contributed by atoms with Gasteiger partial charge in [0.1, 0.15) is 5.75 Å². The second-order valence-electron chi connectivity index (χ2n) is 6.35. The molecule has 0 fully saturated rings. The predicted octanol–water partition coefficient (Wildman–Crippen LogP) is 5.93. The first-order valence-electron chi connectivity index (χ1n) is 9.01. The van der Waals surface area contributed by atoms with Crippen molar-refractivity contribution in [3.05, 3.63) is 94.6 Å². The SMILES string of the molecule is CC=Cc1ccc(-c2cccc(N(C)C(=O)Oc3ccc([N+](=O)[O-])cc3)c2)cc1. The summed E-state index contributed by atoms with van der Waals surface area (Å²) in [4.78, 5) is 24.1. The van der Waals surface area contributed by atoms with Gasteiger partial charge < -0.3 is 4.74 Å². The fourth-order valence-electron chi connectivity index (χ4n) is 2.78. The van der Waals surface area contributed by atoms with E-state index in [0.717, 1.165) is 16.7 Å². The highest BCUT2D eigenvalue weighted by atomic mass is 16.6. The summed E-state index contributed by atoms with van der Waals surface area (Å²) in [6, 6.07) is 21.1. The van der Waals surface area contributed by atoms with E-state index in [-0.39, 0.29) is 11.4 Å². The minimum atomic E-state index is -0.584. The van der Waals surface area contributed by atoms with E-state index in [9.17, 15) is 14.9 Å². The summed E-state index contributed by atoms with van der Waals surface area (Å²) >= 11 is 0. The van der Waals surface area contributed by atoms with Crippen LogP contribution >= 0.6 is 0 Å². The first kappa shape index (κ1) is 19.8. The molecule has 3 aromatic rings. The van der Waals surface area contributed by atoms with Crippen LogP contribution in [0.4, 0.5) is 16.2 Å². The Hall–Kier alpha value is -3.93. The van der Waals surface area contributed by atoms with E-state index in [4.69, 9.17) is 4.74 Å². The van der Waals surface area contributed by atoms with Crippen LogP contribution in [0.3, 0.4) is 0 Å². The lowest BCUT2D eigenvalue weighted by Gasteiger charge is -2.18. The molecule has 29 heavy (non-hydrogen) atoms. The smallest absolute Gasteiger partial charge is 0.410 e. The van der Waals surface area contributed by atoms with Crippen LogP contribution in [0.1, 0.15) is 12.5 Å². The van der Waals surface area contributed by atoms with E-state index < -0.39 is 11.0 Å². The summed E-state index contributed by atoms with van der Waals surface area (Å²) in [7, 11) is 1.61. The first-order valence-corrected chi connectivity index (χ1v) is 9.01. The second kappa shape index (κ2) is 8.84. The van der Waals surface area contributed by atoms with Gasteiger partial charge in [-0.2, -0.15) is 0 Å². The summed E-state index contributed by atoms with van der Waals surface area (Å²) < 4.78 is 5.31. The number of hydrogen-bond donors (Lipinski definition) is 0. The number of ether oxygens (including phenoxy) is 1. The molecule has 0 bridgehead atoms. The number of amides is 1. The third kappa shape index (κ3) is 4.87. The average molecular weight is 388 g/mol. The molecular weight excluding hydrogens is 368 g/mol. The fourth-order valence-corrected chi connectivity index (χ4v) is 2.78. The molecule has 0 aliphatic rings. The molecule has 0 aromatic heterocycles. The number of rotatable bonds is 5. The molecule has 3 aromatic carbocycles. The number of carbonyl (C=O) groups is 1. The Bertz CT molecular complexity index is 1040. The maximum absolute atomic E-state index is 12.5. The van der Waals surface area contributed by atoms with Crippen LogP contribution in [0.25, 0.3) is 17.2 Å². The van der Waals surface area contributed by atoms with Gasteiger partial charge in [0.15, 0.2) is 0 Å². The number of hydrogen-bond acceptors (Lipinski definition) is 4. The van der Waals surface area contributed by atoms with Crippen LogP contribution in [0.2, 0.25) is 0 Å². The van der Waals surface area contributed by atoms with Gasteiger partial charge in [0.05, 0.1) is 4.92 Å². The molecule has 3 rings (SSSR count). The molecule has 0 aliphatic heterocycles. The number of nitro benzene ring substituents is 1. The fraction of sp³-hybridized carbons (Fsp3) is 0.0870. The van der Waals surface area contributed by atoms with Gasteiger partial charge in [-0.3, -0.25) is 15.0 Å². The highest BCUT2D eigenvalue weighted by Crippen LogP contribution is 2.26. The van der Waals surface area contributed by atoms with Crippen molar-refractivity contribution in [2.45, 2.75) is 6.92 Å². The maximum atomic E-state index is 12.5. The molecule has 0 radical (unpaired) electrons. The van der Waals surface area contributed by atoms with E-state index in [2.05, 4.69) is 0 Å². The lowest BCUT2D eigenvalue weighted by Crippen LogP contribution is -2.29. The van der Waals surface area contributed by atoms with Gasteiger partial charge in [0, 0.05) is 24.9 Å². The predicted molar refractivity (Wildman–Crippen MR) is 114 cm³/mol. The van der Waals surface area contributed by atoms with Crippen LogP contribution < -0.4 is 9.64 Å². The van der Waals surface area contributed by atoms with Gasteiger partial charge in [0.2, 0.25) is 0 Å². The maximum Gasteiger partial charge on any atom is 0.419 e. The first-order chi connectivity index (χ1) is 14.0. The van der Waals surface area contributed by atoms with Gasteiger partial charge in [-0.25, -0.2) is 4.79 Å². The monoisotopic (exact) mass is 388 g/mol. The molecule has 0 saturated carbocycles. The van der Waals surface area contributed by atoms with E-state index in [1.54, 1.807) is 7.05 Å². The Morgan fingerprint density at radius 2 is 1.69 bits per heavy atom. The van der Waals surface area contributed by atoms with Crippen molar-refractivity contribution in [1.82, 2.24) is 0 Å². The van der Waals surface area contributed by atoms with Crippen LogP contribution in [0, 0.1) is 10.1 Å². The Labute approximate surface area is 168 Å². The van der Waals surface area contributed by atoms with E-state index in [1.165, 1.54) is 29.2 Å². The lowest BCUT2D eigenvalue weighted by molar-refractivity contribution is -0.384. The van der Waals surface area contributed by atoms with Crippen molar-refractivity contribution in [3.63, 3.8) is 0 Å². The van der Waals surface area contributed by atoms with Crippen LogP contribution in [0.15, 0.2) is 78.9 Å². The molecule has 6 nitrogen and oxygen atoms in total. The van der Waals surface area contributed by atoms with Crippen LogP contribution in [0.5, 0.6) is 5.75 Å². The van der Waals surface area contributed by atoms with Crippen molar-refractivity contribution in [2.75, 3.05) is 11.9 Å². The number of anilines is 1. The topological polar surface area (TPSA) is 72.7 Å². The van der Waals surface area contributed by atoms with Crippen molar-refractivity contribution >= 4 is 23.5 Å². The number of carbonyl (C=O) groups excluding carboxylic acids is 1. The normalized spacial score (nSPS) is 10.7. The van der Waals surface area contributed by atoms with Crippen LogP contribution in [-0.2, 0) is 0 Å². The standard InChI is InChI=1S/C23H20N2O4/c1-3-5-17-8-10-18(11-9-17)19-6-4-7-21(16-19)24(2)23(26)29-22-14-12-20(13-15-22)25(27)28/h3-16H,1-2H3. The van der Waals surface area contributed by atoms with E-state index in [1.807, 2.05) is 67.6 Å². The van der Waals surface area contributed by atoms with Crippen molar-refractivity contribution < 1.29 is 14.5 Å².